The molecule has 1 aliphatic heterocycles. The van der Waals surface area contributed by atoms with Crippen molar-refractivity contribution in [2.75, 3.05) is 0 Å². The van der Waals surface area contributed by atoms with Crippen molar-refractivity contribution in [3.63, 3.8) is 0 Å². The highest BCUT2D eigenvalue weighted by Gasteiger charge is 2.34. The van der Waals surface area contributed by atoms with Crippen LogP contribution in [0.15, 0.2) is 36.5 Å². The van der Waals surface area contributed by atoms with Gasteiger partial charge in [0.25, 0.3) is 0 Å². The van der Waals surface area contributed by atoms with Gasteiger partial charge in [-0.1, -0.05) is 44.1 Å². The van der Waals surface area contributed by atoms with E-state index >= 15 is 0 Å². The maximum absolute atomic E-state index is 9.92. The highest BCUT2D eigenvalue weighted by Crippen LogP contribution is 2.45. The maximum atomic E-state index is 9.92. The normalized spacial score (nSPS) is 35.5. The Morgan fingerprint density at radius 1 is 0.880 bits per heavy atom. The van der Waals surface area contributed by atoms with Crippen molar-refractivity contribution in [2.45, 2.75) is 58.3 Å². The van der Waals surface area contributed by atoms with E-state index < -0.39 is 11.9 Å². The first-order chi connectivity index (χ1) is 12.1. The Balaban J connectivity index is 0.000000114. The van der Waals surface area contributed by atoms with Crippen molar-refractivity contribution in [3.05, 3.63) is 36.5 Å². The highest BCUT2D eigenvalue weighted by molar-refractivity contribution is 6.04. The molecule has 0 spiro atoms. The second kappa shape index (κ2) is 8.64. The fourth-order valence-corrected chi connectivity index (χ4v) is 4.71. The van der Waals surface area contributed by atoms with Gasteiger partial charge in [0.05, 0.1) is 0 Å². The van der Waals surface area contributed by atoms with Gasteiger partial charge in [0.2, 0.25) is 0 Å². The second-order valence-electron chi connectivity index (χ2n) is 7.97. The van der Waals surface area contributed by atoms with Crippen LogP contribution in [0, 0.1) is 29.6 Å². The topological polar surface area (TPSA) is 43.4 Å². The Morgan fingerprint density at radius 2 is 1.52 bits per heavy atom. The Hall–Kier alpha value is -1.64. The summed E-state index contributed by atoms with van der Waals surface area (Å²) in [7, 11) is 0. The fraction of sp³-hybridized carbons (Fsp3) is 0.636. The second-order valence-corrected chi connectivity index (χ2v) is 7.97. The van der Waals surface area contributed by atoms with Crippen molar-refractivity contribution in [2.24, 2.45) is 29.6 Å². The first-order valence-corrected chi connectivity index (χ1v) is 9.94. The lowest BCUT2D eigenvalue weighted by Crippen LogP contribution is -2.06. The van der Waals surface area contributed by atoms with Crippen LogP contribution < -0.4 is 0 Å². The SMILES string of the molecule is C1=CC2CCC1C2.CCCCC1CC2C=CC1C2.O=C1C=CC(=O)O1. The van der Waals surface area contributed by atoms with E-state index in [1.807, 2.05) is 0 Å². The number of allylic oxidation sites excluding steroid dienone is 4. The Morgan fingerprint density at radius 3 is 1.84 bits per heavy atom. The van der Waals surface area contributed by atoms with Gasteiger partial charge in [-0.15, -0.1) is 0 Å². The summed E-state index contributed by atoms with van der Waals surface area (Å²) in [6.07, 6.45) is 23.5. The van der Waals surface area contributed by atoms with Gasteiger partial charge in [-0.25, -0.2) is 9.59 Å². The molecule has 0 aromatic heterocycles. The van der Waals surface area contributed by atoms with E-state index in [1.165, 1.54) is 51.4 Å². The Labute approximate surface area is 151 Å². The summed E-state index contributed by atoms with van der Waals surface area (Å²) in [6.45, 7) is 2.29. The van der Waals surface area contributed by atoms with E-state index in [-0.39, 0.29) is 0 Å². The summed E-state index contributed by atoms with van der Waals surface area (Å²) in [4.78, 5) is 19.8. The van der Waals surface area contributed by atoms with Crippen LogP contribution in [0.4, 0.5) is 0 Å². The summed E-state index contributed by atoms with van der Waals surface area (Å²) in [5, 5.41) is 0. The monoisotopic (exact) mass is 342 g/mol. The van der Waals surface area contributed by atoms with Crippen LogP contribution in [0.1, 0.15) is 58.3 Å². The number of carbonyl (C=O) groups excluding carboxylic acids is 2. The molecule has 1 heterocycles. The van der Waals surface area contributed by atoms with Crippen molar-refractivity contribution in [3.8, 4) is 0 Å². The van der Waals surface area contributed by atoms with Gasteiger partial charge >= 0.3 is 11.9 Å². The number of hydrogen-bond donors (Lipinski definition) is 0. The summed E-state index contributed by atoms with van der Waals surface area (Å²) < 4.78 is 3.97. The lowest BCUT2D eigenvalue weighted by Gasteiger charge is -2.16. The van der Waals surface area contributed by atoms with E-state index in [9.17, 15) is 9.59 Å². The summed E-state index contributed by atoms with van der Waals surface area (Å²) in [5.74, 6) is 3.84. The molecule has 0 aromatic rings. The molecule has 3 nitrogen and oxygen atoms in total. The molecule has 2 fully saturated rings. The molecular formula is C22H30O3. The van der Waals surface area contributed by atoms with Gasteiger partial charge in [-0.2, -0.15) is 0 Å². The molecule has 0 amide bonds. The number of hydrogen-bond acceptors (Lipinski definition) is 3. The van der Waals surface area contributed by atoms with E-state index in [0.29, 0.717) is 0 Å². The maximum Gasteiger partial charge on any atom is 0.338 e. The average Bonchev–Trinajstić information content (AvgIpc) is 3.42. The number of ether oxygens (including phenoxy) is 1. The van der Waals surface area contributed by atoms with Gasteiger partial charge in [-0.3, -0.25) is 0 Å². The molecule has 5 unspecified atom stereocenters. The third-order valence-electron chi connectivity index (χ3n) is 6.07. The zero-order chi connectivity index (χ0) is 17.6. The molecule has 3 heteroatoms. The van der Waals surface area contributed by atoms with E-state index in [4.69, 9.17) is 0 Å². The Kier molecular flexibility index (Phi) is 6.28. The molecule has 5 aliphatic rings. The third-order valence-corrected chi connectivity index (χ3v) is 6.07. The van der Waals surface area contributed by atoms with Crippen molar-refractivity contribution < 1.29 is 14.3 Å². The number of fused-ring (bicyclic) bond motifs is 4. The average molecular weight is 342 g/mol. The Bertz CT molecular complexity index is 544. The number of unbranched alkanes of at least 4 members (excludes halogenated alkanes) is 1. The molecule has 0 saturated heterocycles. The largest absolute Gasteiger partial charge is 0.387 e. The molecule has 5 rings (SSSR count). The predicted octanol–water partition coefficient (Wildman–Crippen LogP) is 4.99. The van der Waals surface area contributed by atoms with Crippen LogP contribution in [0.2, 0.25) is 0 Å². The van der Waals surface area contributed by atoms with Gasteiger partial charge in [0.15, 0.2) is 0 Å². The first-order valence-electron chi connectivity index (χ1n) is 9.94. The molecule has 25 heavy (non-hydrogen) atoms. The van der Waals surface area contributed by atoms with Crippen LogP contribution in [0.5, 0.6) is 0 Å². The summed E-state index contributed by atoms with van der Waals surface area (Å²) in [5.41, 5.74) is 0. The summed E-state index contributed by atoms with van der Waals surface area (Å²) >= 11 is 0. The molecule has 4 bridgehead atoms. The minimum absolute atomic E-state index is 0.579. The quantitative estimate of drug-likeness (QED) is 0.412. The molecule has 5 atom stereocenters. The highest BCUT2D eigenvalue weighted by atomic mass is 16.6. The molecule has 136 valence electrons. The van der Waals surface area contributed by atoms with Crippen LogP contribution in [-0.2, 0) is 14.3 Å². The molecule has 4 aliphatic carbocycles. The molecular weight excluding hydrogens is 312 g/mol. The number of rotatable bonds is 3. The smallest absolute Gasteiger partial charge is 0.338 e. The number of cyclic esters (lactones) is 2. The van der Waals surface area contributed by atoms with Gasteiger partial charge in [-0.05, 0) is 68.1 Å². The molecule has 0 aromatic carbocycles. The van der Waals surface area contributed by atoms with E-state index in [2.05, 4.69) is 36.0 Å². The van der Waals surface area contributed by atoms with E-state index in [1.54, 1.807) is 0 Å². The fourth-order valence-electron chi connectivity index (χ4n) is 4.71. The zero-order valence-electron chi connectivity index (χ0n) is 15.2. The number of esters is 2. The zero-order valence-corrected chi connectivity index (χ0v) is 15.2. The first kappa shape index (κ1) is 18.2. The molecule has 2 saturated carbocycles. The van der Waals surface area contributed by atoms with Gasteiger partial charge < -0.3 is 4.74 Å². The van der Waals surface area contributed by atoms with Crippen LogP contribution in [0.25, 0.3) is 0 Å². The molecule has 0 N–H and O–H groups in total. The van der Waals surface area contributed by atoms with Gasteiger partial charge in [0, 0.05) is 12.2 Å². The lowest BCUT2D eigenvalue weighted by molar-refractivity contribution is -0.150. The van der Waals surface area contributed by atoms with Crippen molar-refractivity contribution in [1.82, 2.24) is 0 Å². The molecule has 0 radical (unpaired) electrons. The minimum atomic E-state index is -0.579. The summed E-state index contributed by atoms with van der Waals surface area (Å²) in [6, 6.07) is 0. The van der Waals surface area contributed by atoms with Gasteiger partial charge in [0.1, 0.15) is 0 Å². The standard InChI is InChI=1S/C11H18.C7H10.C4H2O3/c1-2-3-4-10-7-9-5-6-11(10)8-9;1-2-7-4-3-6(1)5-7;5-3-1-2-4(6)7-3/h5-6,9-11H,2-4,7-8H2,1H3;1-2,6-7H,3-5H2;1-2H. The third kappa shape index (κ3) is 5.17. The van der Waals surface area contributed by atoms with Crippen LogP contribution in [-0.4, -0.2) is 11.9 Å². The van der Waals surface area contributed by atoms with Crippen molar-refractivity contribution in [1.29, 1.82) is 0 Å². The van der Waals surface area contributed by atoms with Crippen LogP contribution in [0.3, 0.4) is 0 Å². The number of carbonyl (C=O) groups is 2. The van der Waals surface area contributed by atoms with Crippen molar-refractivity contribution >= 4 is 11.9 Å². The van der Waals surface area contributed by atoms with Crippen LogP contribution >= 0.6 is 0 Å². The van der Waals surface area contributed by atoms with E-state index in [0.717, 1.165) is 41.7 Å². The lowest BCUT2D eigenvalue weighted by atomic mass is 9.89. The minimum Gasteiger partial charge on any atom is -0.387 e. The predicted molar refractivity (Wildman–Crippen MR) is 98.6 cm³/mol.